The molecule has 0 spiro atoms. The monoisotopic (exact) mass is 384 g/mol. The molecule has 0 saturated heterocycles. The van der Waals surface area contributed by atoms with Crippen LogP contribution < -0.4 is 4.74 Å². The number of methoxy groups -OCH3 is 1. The number of halogens is 2. The fraction of sp³-hybridized carbons (Fsp3) is 0.250. The van der Waals surface area contributed by atoms with Crippen molar-refractivity contribution < 1.29 is 18.6 Å². The second-order valence-corrected chi connectivity index (χ2v) is 6.22. The maximum atomic E-state index is 14.5. The molecule has 0 bridgehead atoms. The summed E-state index contributed by atoms with van der Waals surface area (Å²) >= 11 is 0. The van der Waals surface area contributed by atoms with Gasteiger partial charge in [0.15, 0.2) is 0 Å². The third-order valence-corrected chi connectivity index (χ3v) is 4.36. The van der Waals surface area contributed by atoms with Crippen LogP contribution in [0.15, 0.2) is 49.2 Å². The van der Waals surface area contributed by atoms with Crippen molar-refractivity contribution in [3.8, 4) is 17.7 Å². The lowest BCUT2D eigenvalue weighted by Crippen LogP contribution is -2.38. The van der Waals surface area contributed by atoms with E-state index >= 15 is 0 Å². The van der Waals surface area contributed by atoms with Crippen LogP contribution in [-0.2, 0) is 12.1 Å². The fourth-order valence-corrected chi connectivity index (χ4v) is 2.74. The molecule has 2 aromatic heterocycles. The molecular weight excluding hydrogens is 366 g/mol. The summed E-state index contributed by atoms with van der Waals surface area (Å²) in [4.78, 5) is 7.91. The zero-order valence-electron chi connectivity index (χ0n) is 15.3. The van der Waals surface area contributed by atoms with E-state index < -0.39 is 23.2 Å². The molecule has 0 aliphatic carbocycles. The highest BCUT2D eigenvalue weighted by Crippen LogP contribution is 2.33. The number of aromatic nitrogens is 4. The first-order valence-corrected chi connectivity index (χ1v) is 8.44. The molecule has 2 heterocycles. The van der Waals surface area contributed by atoms with Crippen LogP contribution in [0.5, 0.6) is 5.88 Å². The Morgan fingerprint density at radius 2 is 2.11 bits per heavy atom. The summed E-state index contributed by atoms with van der Waals surface area (Å²) in [5, 5.41) is 15.3. The van der Waals surface area contributed by atoms with Crippen molar-refractivity contribution in [3.05, 3.63) is 71.9 Å². The van der Waals surface area contributed by atoms with Gasteiger partial charge in [0.25, 0.3) is 0 Å². The number of aliphatic hydroxyl groups is 1. The molecule has 3 aromatic rings. The van der Waals surface area contributed by atoms with Crippen LogP contribution >= 0.6 is 0 Å². The smallest absolute Gasteiger partial charge is 0.212 e. The van der Waals surface area contributed by atoms with E-state index in [2.05, 4.69) is 26.9 Å². The number of hydrogen-bond donors (Lipinski definition) is 1. The highest BCUT2D eigenvalue weighted by Gasteiger charge is 2.38. The second kappa shape index (κ2) is 8.15. The van der Waals surface area contributed by atoms with E-state index in [9.17, 15) is 13.9 Å². The molecule has 0 fully saturated rings. The van der Waals surface area contributed by atoms with Gasteiger partial charge in [-0.3, -0.25) is 0 Å². The first-order chi connectivity index (χ1) is 13.4. The molecule has 1 aromatic carbocycles. The molecule has 3 rings (SSSR count). The zero-order valence-corrected chi connectivity index (χ0v) is 15.3. The molecule has 2 atom stereocenters. The van der Waals surface area contributed by atoms with Crippen LogP contribution in [0.3, 0.4) is 0 Å². The minimum Gasteiger partial charge on any atom is -0.481 e. The third kappa shape index (κ3) is 4.15. The molecule has 1 N–H and O–H groups in total. The Morgan fingerprint density at radius 3 is 2.71 bits per heavy atom. The fourth-order valence-electron chi connectivity index (χ4n) is 2.74. The van der Waals surface area contributed by atoms with Crippen LogP contribution in [-0.4, -0.2) is 32.0 Å². The summed E-state index contributed by atoms with van der Waals surface area (Å²) in [6.07, 6.45) is 4.24. The van der Waals surface area contributed by atoms with Crippen LogP contribution in [0.25, 0.3) is 0 Å². The minimum atomic E-state index is -1.77. The van der Waals surface area contributed by atoms with Crippen LogP contribution in [0.4, 0.5) is 8.78 Å². The van der Waals surface area contributed by atoms with Gasteiger partial charge in [-0.2, -0.15) is 5.10 Å². The summed E-state index contributed by atoms with van der Waals surface area (Å²) < 4.78 is 34.2. The van der Waals surface area contributed by atoms with Gasteiger partial charge >= 0.3 is 0 Å². The van der Waals surface area contributed by atoms with Crippen LogP contribution in [0.2, 0.25) is 0 Å². The minimum absolute atomic E-state index is 0.0703. The predicted molar refractivity (Wildman–Crippen MR) is 97.1 cm³/mol. The molecule has 0 amide bonds. The van der Waals surface area contributed by atoms with E-state index in [-0.39, 0.29) is 12.1 Å². The van der Waals surface area contributed by atoms with Gasteiger partial charge < -0.3 is 9.84 Å². The molecule has 0 aliphatic rings. The standard InChI is InChI=1S/C20H18F2N4O2/c1-14(3-4-15-5-8-19(28-2)24-10-15)20(27,11-26-13-23-12-25-26)17-7-6-16(21)9-18(17)22/h5-10,12-14,27H,11H2,1-2H3/t14-,20+/m0/s1. The van der Waals surface area contributed by atoms with Crippen molar-refractivity contribution in [2.24, 2.45) is 5.92 Å². The number of nitrogens with zero attached hydrogens (tertiary/aromatic N) is 4. The highest BCUT2D eigenvalue weighted by molar-refractivity contribution is 5.36. The summed E-state index contributed by atoms with van der Waals surface area (Å²) in [7, 11) is 1.51. The second-order valence-electron chi connectivity index (χ2n) is 6.22. The third-order valence-electron chi connectivity index (χ3n) is 4.36. The van der Waals surface area contributed by atoms with Crippen molar-refractivity contribution in [1.82, 2.24) is 19.7 Å². The first kappa shape index (κ1) is 19.5. The summed E-state index contributed by atoms with van der Waals surface area (Å²) in [6, 6.07) is 6.43. The van der Waals surface area contributed by atoms with Gasteiger partial charge in [0.2, 0.25) is 5.88 Å². The number of benzene rings is 1. The van der Waals surface area contributed by atoms with Crippen LogP contribution in [0, 0.1) is 29.4 Å². The van der Waals surface area contributed by atoms with E-state index in [4.69, 9.17) is 4.74 Å². The zero-order chi connectivity index (χ0) is 20.1. The number of rotatable bonds is 5. The summed E-state index contributed by atoms with van der Waals surface area (Å²) in [5.41, 5.74) is -1.23. The Kier molecular flexibility index (Phi) is 5.66. The largest absolute Gasteiger partial charge is 0.481 e. The van der Waals surface area contributed by atoms with Gasteiger partial charge in [-0.25, -0.2) is 23.4 Å². The molecule has 0 saturated carbocycles. The Labute approximate surface area is 160 Å². The Morgan fingerprint density at radius 1 is 1.29 bits per heavy atom. The normalized spacial score (nSPS) is 13.9. The molecule has 8 heteroatoms. The van der Waals surface area contributed by atoms with E-state index in [1.165, 1.54) is 36.7 Å². The van der Waals surface area contributed by atoms with Gasteiger partial charge in [-0.1, -0.05) is 17.9 Å². The highest BCUT2D eigenvalue weighted by atomic mass is 19.1. The lowest BCUT2D eigenvalue weighted by atomic mass is 9.82. The number of ether oxygens (including phenoxy) is 1. The SMILES string of the molecule is COc1ccc(C#C[C@H](C)[C@](O)(Cn2cncn2)c2ccc(F)cc2F)cn1. The van der Waals surface area contributed by atoms with Crippen molar-refractivity contribution >= 4 is 0 Å². The quantitative estimate of drug-likeness (QED) is 0.685. The molecule has 144 valence electrons. The average molecular weight is 384 g/mol. The van der Waals surface area contributed by atoms with Crippen molar-refractivity contribution in [2.75, 3.05) is 7.11 Å². The lowest BCUT2D eigenvalue weighted by molar-refractivity contribution is -0.0191. The van der Waals surface area contributed by atoms with Crippen molar-refractivity contribution in [2.45, 2.75) is 19.1 Å². The molecule has 28 heavy (non-hydrogen) atoms. The molecule has 6 nitrogen and oxygen atoms in total. The predicted octanol–water partition coefficient (Wildman–Crippen LogP) is 2.54. The molecule has 0 radical (unpaired) electrons. The Hall–Kier alpha value is -3.31. The summed E-state index contributed by atoms with van der Waals surface area (Å²) in [5.74, 6) is 3.98. The topological polar surface area (TPSA) is 73.1 Å². The molecule has 0 aliphatic heterocycles. The summed E-state index contributed by atoms with van der Waals surface area (Å²) in [6.45, 7) is 1.55. The Bertz CT molecular complexity index is 997. The molecule has 0 unspecified atom stereocenters. The first-order valence-electron chi connectivity index (χ1n) is 8.44. The van der Waals surface area contributed by atoms with E-state index in [0.717, 1.165) is 12.1 Å². The average Bonchev–Trinajstić information content (AvgIpc) is 3.19. The maximum absolute atomic E-state index is 14.5. The van der Waals surface area contributed by atoms with Gasteiger partial charge in [0, 0.05) is 29.5 Å². The number of pyridine rings is 1. The van der Waals surface area contributed by atoms with E-state index in [1.54, 1.807) is 19.1 Å². The van der Waals surface area contributed by atoms with E-state index in [0.29, 0.717) is 11.4 Å². The van der Waals surface area contributed by atoms with Crippen LogP contribution in [0.1, 0.15) is 18.1 Å². The van der Waals surface area contributed by atoms with Gasteiger partial charge in [0.1, 0.15) is 29.9 Å². The lowest BCUT2D eigenvalue weighted by Gasteiger charge is -2.32. The Balaban J connectivity index is 1.97. The maximum Gasteiger partial charge on any atom is 0.212 e. The van der Waals surface area contributed by atoms with Gasteiger partial charge in [0.05, 0.1) is 19.6 Å². The van der Waals surface area contributed by atoms with Gasteiger partial charge in [-0.15, -0.1) is 0 Å². The van der Waals surface area contributed by atoms with Crippen molar-refractivity contribution in [1.29, 1.82) is 0 Å². The number of hydrogen-bond acceptors (Lipinski definition) is 5. The van der Waals surface area contributed by atoms with E-state index in [1.807, 2.05) is 0 Å². The van der Waals surface area contributed by atoms with Gasteiger partial charge in [-0.05, 0) is 19.1 Å². The molecular formula is C20H18F2N4O2. The van der Waals surface area contributed by atoms with Crippen molar-refractivity contribution in [3.63, 3.8) is 0 Å².